The Morgan fingerprint density at radius 2 is 2.00 bits per heavy atom. The van der Waals surface area contributed by atoms with Gasteiger partial charge in [0.2, 0.25) is 5.91 Å². The Bertz CT molecular complexity index is 784. The number of benzene rings is 1. The molecule has 2 heterocycles. The van der Waals surface area contributed by atoms with Crippen LogP contribution in [-0.2, 0) is 17.9 Å². The van der Waals surface area contributed by atoms with Crippen molar-refractivity contribution in [3.63, 3.8) is 0 Å². The molecule has 5 nitrogen and oxygen atoms in total. The van der Waals surface area contributed by atoms with E-state index in [1.165, 1.54) is 21.8 Å². The molecule has 0 aliphatic carbocycles. The minimum Gasteiger partial charge on any atom is -0.354 e. The van der Waals surface area contributed by atoms with Crippen LogP contribution in [-0.4, -0.2) is 35.0 Å². The van der Waals surface area contributed by atoms with Crippen LogP contribution in [0.3, 0.4) is 0 Å². The fourth-order valence-corrected chi connectivity index (χ4v) is 3.31. The van der Waals surface area contributed by atoms with E-state index in [-0.39, 0.29) is 18.0 Å². The maximum absolute atomic E-state index is 12.1. The summed E-state index contributed by atoms with van der Waals surface area (Å²) in [5.41, 5.74) is 2.55. The average Bonchev–Trinajstić information content (AvgIpc) is 3.05. The Kier molecular flexibility index (Phi) is 5.66. The number of likely N-dealkylation sites (tertiary alicyclic amines) is 1. The molecule has 1 aromatic carbocycles. The lowest BCUT2D eigenvalue weighted by Gasteiger charge is -2.17. The Morgan fingerprint density at radius 3 is 2.80 bits per heavy atom. The van der Waals surface area contributed by atoms with Crippen molar-refractivity contribution in [3.8, 4) is 0 Å². The van der Waals surface area contributed by atoms with E-state index in [0.29, 0.717) is 12.5 Å². The number of carbonyl (C=O) groups excluding carboxylic acids is 1. The number of nitrogens with one attached hydrogen (secondary N) is 1. The van der Waals surface area contributed by atoms with Crippen LogP contribution in [0.25, 0.3) is 0 Å². The van der Waals surface area contributed by atoms with Gasteiger partial charge >= 0.3 is 0 Å². The Hall–Kier alpha value is -2.40. The first-order valence-electron chi connectivity index (χ1n) is 8.81. The molecule has 0 radical (unpaired) electrons. The van der Waals surface area contributed by atoms with E-state index >= 15 is 0 Å². The van der Waals surface area contributed by atoms with Crippen molar-refractivity contribution in [2.24, 2.45) is 5.92 Å². The highest BCUT2D eigenvalue weighted by molar-refractivity contribution is 5.75. The van der Waals surface area contributed by atoms with Gasteiger partial charge < -0.3 is 9.88 Å². The Morgan fingerprint density at radius 1 is 1.20 bits per heavy atom. The van der Waals surface area contributed by atoms with E-state index in [1.54, 1.807) is 18.3 Å². The van der Waals surface area contributed by atoms with Crippen molar-refractivity contribution in [1.29, 1.82) is 0 Å². The topological polar surface area (TPSA) is 54.3 Å². The molecule has 5 heteroatoms. The molecule has 1 amide bonds. The van der Waals surface area contributed by atoms with E-state index in [0.717, 1.165) is 26.1 Å². The smallest absolute Gasteiger partial charge is 0.250 e. The molecule has 132 valence electrons. The lowest BCUT2D eigenvalue weighted by atomic mass is 10.1. The summed E-state index contributed by atoms with van der Waals surface area (Å²) in [4.78, 5) is 26.1. The number of nitrogens with zero attached hydrogens (tertiary/aromatic N) is 2. The summed E-state index contributed by atoms with van der Waals surface area (Å²) in [6.07, 6.45) is 2.73. The van der Waals surface area contributed by atoms with Gasteiger partial charge in [0.15, 0.2) is 0 Å². The summed E-state index contributed by atoms with van der Waals surface area (Å²) in [6.45, 7) is 5.93. The quantitative estimate of drug-likeness (QED) is 0.873. The van der Waals surface area contributed by atoms with Gasteiger partial charge in [0, 0.05) is 31.9 Å². The number of rotatable bonds is 6. The third-order valence-corrected chi connectivity index (χ3v) is 4.83. The summed E-state index contributed by atoms with van der Waals surface area (Å²) in [7, 11) is 0. The molecule has 25 heavy (non-hydrogen) atoms. The number of aryl methyl sites for hydroxylation is 1. The van der Waals surface area contributed by atoms with Crippen LogP contribution in [0.2, 0.25) is 0 Å². The zero-order chi connectivity index (χ0) is 17.6. The monoisotopic (exact) mass is 339 g/mol. The van der Waals surface area contributed by atoms with Gasteiger partial charge in [-0.25, -0.2) is 0 Å². The van der Waals surface area contributed by atoms with Crippen LogP contribution in [0.5, 0.6) is 0 Å². The van der Waals surface area contributed by atoms with Crippen LogP contribution >= 0.6 is 0 Å². The highest BCUT2D eigenvalue weighted by Gasteiger charge is 2.23. The van der Waals surface area contributed by atoms with E-state index < -0.39 is 0 Å². The number of amides is 1. The van der Waals surface area contributed by atoms with Crippen LogP contribution < -0.4 is 10.9 Å². The van der Waals surface area contributed by atoms with Gasteiger partial charge in [-0.15, -0.1) is 0 Å². The predicted molar refractivity (Wildman–Crippen MR) is 98.3 cm³/mol. The average molecular weight is 339 g/mol. The largest absolute Gasteiger partial charge is 0.354 e. The van der Waals surface area contributed by atoms with Crippen molar-refractivity contribution >= 4 is 5.91 Å². The molecule has 1 unspecified atom stereocenters. The number of pyridine rings is 1. The fraction of sp³-hybridized carbons (Fsp3) is 0.400. The number of hydrogen-bond acceptors (Lipinski definition) is 3. The molecule has 0 saturated carbocycles. The Labute approximate surface area is 148 Å². The molecular weight excluding hydrogens is 314 g/mol. The molecule has 1 aromatic heterocycles. The van der Waals surface area contributed by atoms with Gasteiger partial charge in [-0.05, 0) is 43.0 Å². The molecular formula is C20H25N3O2. The van der Waals surface area contributed by atoms with Gasteiger partial charge in [0.25, 0.3) is 5.56 Å². The van der Waals surface area contributed by atoms with Crippen molar-refractivity contribution in [2.45, 2.75) is 26.4 Å². The summed E-state index contributed by atoms with van der Waals surface area (Å²) < 4.78 is 1.43. The molecule has 1 saturated heterocycles. The molecule has 0 bridgehead atoms. The molecule has 1 fully saturated rings. The molecule has 2 aromatic rings. The van der Waals surface area contributed by atoms with Gasteiger partial charge in [-0.2, -0.15) is 0 Å². The number of hydrogen-bond donors (Lipinski definition) is 1. The summed E-state index contributed by atoms with van der Waals surface area (Å²) >= 11 is 0. The third-order valence-electron chi connectivity index (χ3n) is 4.83. The maximum Gasteiger partial charge on any atom is 0.250 e. The first kappa shape index (κ1) is 17.4. The number of carbonyl (C=O) groups is 1. The van der Waals surface area contributed by atoms with Gasteiger partial charge in [0.05, 0.1) is 0 Å². The summed E-state index contributed by atoms with van der Waals surface area (Å²) in [5.74, 6) is 0.367. The number of aromatic nitrogens is 1. The SMILES string of the molecule is Cc1ccccc1CN1CCC(CNC(=O)Cn2ccccc2=O)C1. The highest BCUT2D eigenvalue weighted by atomic mass is 16.2. The second-order valence-corrected chi connectivity index (χ2v) is 6.79. The van der Waals surface area contributed by atoms with Crippen LogP contribution in [0, 0.1) is 12.8 Å². The molecule has 0 spiro atoms. The lowest BCUT2D eigenvalue weighted by Crippen LogP contribution is -2.35. The van der Waals surface area contributed by atoms with Crippen molar-refractivity contribution in [3.05, 3.63) is 70.1 Å². The summed E-state index contributed by atoms with van der Waals surface area (Å²) in [6, 6.07) is 13.4. The van der Waals surface area contributed by atoms with E-state index in [9.17, 15) is 9.59 Å². The van der Waals surface area contributed by atoms with Gasteiger partial charge in [0.1, 0.15) is 6.54 Å². The zero-order valence-corrected chi connectivity index (χ0v) is 14.6. The van der Waals surface area contributed by atoms with Crippen LogP contribution in [0.4, 0.5) is 0 Å². The molecule has 1 atom stereocenters. The third kappa shape index (κ3) is 4.79. The van der Waals surface area contributed by atoms with Crippen LogP contribution in [0.15, 0.2) is 53.5 Å². The lowest BCUT2D eigenvalue weighted by molar-refractivity contribution is -0.121. The molecule has 1 N–H and O–H groups in total. The standard InChI is InChI=1S/C20H25N3O2/c1-16-6-2-3-7-18(16)14-22-11-9-17(13-22)12-21-19(24)15-23-10-5-4-8-20(23)25/h2-8,10,17H,9,11-15H2,1H3,(H,21,24). The van der Waals surface area contributed by atoms with E-state index in [4.69, 9.17) is 0 Å². The highest BCUT2D eigenvalue weighted by Crippen LogP contribution is 2.19. The first-order valence-corrected chi connectivity index (χ1v) is 8.81. The maximum atomic E-state index is 12.1. The zero-order valence-electron chi connectivity index (χ0n) is 14.6. The Balaban J connectivity index is 1.44. The van der Waals surface area contributed by atoms with Gasteiger partial charge in [-0.1, -0.05) is 30.3 Å². The van der Waals surface area contributed by atoms with Crippen LogP contribution in [0.1, 0.15) is 17.5 Å². The second kappa shape index (κ2) is 8.12. The van der Waals surface area contributed by atoms with Gasteiger partial charge in [-0.3, -0.25) is 14.5 Å². The van der Waals surface area contributed by atoms with Crippen molar-refractivity contribution in [2.75, 3.05) is 19.6 Å². The minimum atomic E-state index is -0.150. The normalized spacial score (nSPS) is 17.6. The summed E-state index contributed by atoms with van der Waals surface area (Å²) in [5, 5.41) is 2.97. The molecule has 1 aliphatic heterocycles. The minimum absolute atomic E-state index is 0.0827. The van der Waals surface area contributed by atoms with E-state index in [1.807, 2.05) is 0 Å². The first-order chi connectivity index (χ1) is 12.1. The van der Waals surface area contributed by atoms with Crippen molar-refractivity contribution in [1.82, 2.24) is 14.8 Å². The second-order valence-electron chi connectivity index (χ2n) is 6.79. The fourth-order valence-electron chi connectivity index (χ4n) is 3.31. The van der Waals surface area contributed by atoms with E-state index in [2.05, 4.69) is 41.4 Å². The molecule has 3 rings (SSSR count). The predicted octanol–water partition coefficient (Wildman–Crippen LogP) is 1.80. The molecule has 1 aliphatic rings. The van der Waals surface area contributed by atoms with Crippen molar-refractivity contribution < 1.29 is 4.79 Å².